The highest BCUT2D eigenvalue weighted by molar-refractivity contribution is 5.22. The predicted octanol–water partition coefficient (Wildman–Crippen LogP) is 2.82. The van der Waals surface area contributed by atoms with Crippen LogP contribution in [0.3, 0.4) is 0 Å². The van der Waals surface area contributed by atoms with Crippen LogP contribution >= 0.6 is 0 Å². The normalized spacial score (nSPS) is 10.6. The molecule has 0 aromatic carbocycles. The summed E-state index contributed by atoms with van der Waals surface area (Å²) in [5, 5.41) is 0. The van der Waals surface area contributed by atoms with E-state index in [1.54, 1.807) is 24.3 Å². The molecule has 0 unspecified atom stereocenters. The molecule has 0 aliphatic carbocycles. The largest absolute Gasteiger partial charge is 0.455 e. The molecular weight excluding hydrogens is 216 g/mol. The molecule has 0 spiro atoms. The van der Waals surface area contributed by atoms with Gasteiger partial charge in [0.25, 0.3) is 0 Å². The zero-order valence-corrected chi connectivity index (χ0v) is 10.4. The Bertz CT molecular complexity index is 424. The van der Waals surface area contributed by atoms with E-state index in [1.807, 2.05) is 20.8 Å². The van der Waals surface area contributed by atoms with E-state index in [4.69, 9.17) is 4.74 Å². The minimum atomic E-state index is -0.397. The second-order valence-electron chi connectivity index (χ2n) is 2.64. The molecule has 1 N–H and O–H groups in total. The minimum absolute atomic E-state index is 0.397. The molecule has 92 valence electrons. The number of ether oxygens (including phenoxy) is 1. The monoisotopic (exact) mass is 234 g/mol. The summed E-state index contributed by atoms with van der Waals surface area (Å²) in [4.78, 5) is 16.6. The lowest BCUT2D eigenvalue weighted by molar-refractivity contribution is 0.438. The van der Waals surface area contributed by atoms with Crippen molar-refractivity contribution in [2.75, 3.05) is 0 Å². The Morgan fingerprint density at radius 3 is 2.71 bits per heavy atom. The summed E-state index contributed by atoms with van der Waals surface area (Å²) >= 11 is 0. The quantitative estimate of drug-likeness (QED) is 0.643. The maximum absolute atomic E-state index is 10.7. The van der Waals surface area contributed by atoms with Gasteiger partial charge in [-0.05, 0) is 19.1 Å². The molecule has 0 aliphatic heterocycles. The molecule has 4 heteroatoms. The van der Waals surface area contributed by atoms with Crippen molar-refractivity contribution in [2.45, 2.75) is 20.8 Å². The van der Waals surface area contributed by atoms with Crippen LogP contribution in [-0.2, 0) is 0 Å². The van der Waals surface area contributed by atoms with Crippen molar-refractivity contribution in [2.24, 2.45) is 0 Å². The maximum atomic E-state index is 10.7. The molecule has 0 amide bonds. The Kier molecular flexibility index (Phi) is 8.02. The van der Waals surface area contributed by atoms with Crippen molar-refractivity contribution in [1.82, 2.24) is 9.97 Å². The van der Waals surface area contributed by atoms with Crippen molar-refractivity contribution < 1.29 is 4.74 Å². The minimum Gasteiger partial charge on any atom is -0.455 e. The van der Waals surface area contributed by atoms with Crippen LogP contribution in [0.1, 0.15) is 20.8 Å². The summed E-state index contributed by atoms with van der Waals surface area (Å²) in [6.07, 6.45) is 9.79. The Morgan fingerprint density at radius 1 is 1.53 bits per heavy atom. The average molecular weight is 234 g/mol. The highest BCUT2D eigenvalue weighted by atomic mass is 16.5. The molecule has 0 bridgehead atoms. The number of hydrogen-bond donors (Lipinski definition) is 1. The van der Waals surface area contributed by atoms with Crippen LogP contribution in [0.4, 0.5) is 0 Å². The van der Waals surface area contributed by atoms with Crippen molar-refractivity contribution in [1.29, 1.82) is 0 Å². The van der Waals surface area contributed by atoms with Crippen molar-refractivity contribution >= 4 is 0 Å². The van der Waals surface area contributed by atoms with E-state index in [9.17, 15) is 4.79 Å². The van der Waals surface area contributed by atoms with Crippen LogP contribution in [0.2, 0.25) is 0 Å². The van der Waals surface area contributed by atoms with Crippen LogP contribution in [0.25, 0.3) is 0 Å². The molecule has 17 heavy (non-hydrogen) atoms. The number of nitrogens with zero attached hydrogens (tertiary/aromatic N) is 1. The van der Waals surface area contributed by atoms with Gasteiger partial charge >= 0.3 is 5.69 Å². The van der Waals surface area contributed by atoms with Gasteiger partial charge in [-0.25, -0.2) is 4.79 Å². The Hall–Kier alpha value is -2.10. The van der Waals surface area contributed by atoms with E-state index in [0.717, 1.165) is 0 Å². The average Bonchev–Trinajstić information content (AvgIpc) is 2.39. The fraction of sp³-hybridized carbons (Fsp3) is 0.231. The molecule has 0 aliphatic rings. The fourth-order valence-corrected chi connectivity index (χ4v) is 0.874. The van der Waals surface area contributed by atoms with Crippen LogP contribution in [-0.4, -0.2) is 9.97 Å². The van der Waals surface area contributed by atoms with E-state index in [1.165, 1.54) is 12.4 Å². The van der Waals surface area contributed by atoms with Gasteiger partial charge in [0.1, 0.15) is 5.76 Å². The molecular formula is C13H18N2O2. The van der Waals surface area contributed by atoms with E-state index in [0.29, 0.717) is 11.5 Å². The SMILES string of the molecule is C=C/C=C\C(=C/C)Oc1cnc(=O)[nH]c1.CC. The number of allylic oxidation sites excluding steroid dienone is 4. The molecule has 0 saturated heterocycles. The third-order valence-corrected chi connectivity index (χ3v) is 1.56. The maximum Gasteiger partial charge on any atom is 0.345 e. The van der Waals surface area contributed by atoms with E-state index in [-0.39, 0.29) is 0 Å². The topological polar surface area (TPSA) is 55.0 Å². The van der Waals surface area contributed by atoms with E-state index in [2.05, 4.69) is 16.5 Å². The predicted molar refractivity (Wildman–Crippen MR) is 69.9 cm³/mol. The molecule has 4 nitrogen and oxygen atoms in total. The molecule has 0 atom stereocenters. The Balaban J connectivity index is 0.00000121. The molecule has 1 rings (SSSR count). The van der Waals surface area contributed by atoms with Gasteiger partial charge in [0, 0.05) is 0 Å². The number of H-pyrrole nitrogens is 1. The lowest BCUT2D eigenvalue weighted by Crippen LogP contribution is -2.08. The standard InChI is InChI=1S/C11H12N2O2.C2H6/c1-3-5-6-9(4-2)15-10-7-12-11(14)13-8-10;1-2/h3-8H,1H2,2H3,(H,12,13,14);1-2H3/b6-5-,9-4+;. The van der Waals surface area contributed by atoms with Crippen LogP contribution in [0.15, 0.2) is 53.8 Å². The summed E-state index contributed by atoms with van der Waals surface area (Å²) in [7, 11) is 0. The molecule has 1 aromatic heterocycles. The second kappa shape index (κ2) is 9.15. The van der Waals surface area contributed by atoms with Crippen molar-refractivity contribution in [3.63, 3.8) is 0 Å². The van der Waals surface area contributed by atoms with Gasteiger partial charge in [-0.2, -0.15) is 4.98 Å². The summed E-state index contributed by atoms with van der Waals surface area (Å²) in [5.74, 6) is 1.14. The van der Waals surface area contributed by atoms with E-state index >= 15 is 0 Å². The number of nitrogens with one attached hydrogen (secondary N) is 1. The Labute approximate surface area is 101 Å². The first-order valence-corrected chi connectivity index (χ1v) is 5.44. The smallest absolute Gasteiger partial charge is 0.345 e. The van der Waals surface area contributed by atoms with Crippen molar-refractivity contribution in [3.8, 4) is 5.75 Å². The molecule has 0 saturated carbocycles. The van der Waals surface area contributed by atoms with Gasteiger partial charge in [-0.1, -0.05) is 32.6 Å². The number of hydrogen-bond acceptors (Lipinski definition) is 3. The fourth-order valence-electron chi connectivity index (χ4n) is 0.874. The molecule has 1 heterocycles. The number of aromatic amines is 1. The number of aromatic nitrogens is 2. The van der Waals surface area contributed by atoms with Crippen LogP contribution < -0.4 is 10.4 Å². The Morgan fingerprint density at radius 2 is 2.24 bits per heavy atom. The van der Waals surface area contributed by atoms with E-state index < -0.39 is 5.69 Å². The summed E-state index contributed by atoms with van der Waals surface area (Å²) < 4.78 is 5.41. The van der Waals surface area contributed by atoms with Gasteiger partial charge in [-0.3, -0.25) is 0 Å². The summed E-state index contributed by atoms with van der Waals surface area (Å²) in [5.41, 5.74) is -0.397. The zero-order valence-electron chi connectivity index (χ0n) is 10.4. The summed E-state index contributed by atoms with van der Waals surface area (Å²) in [6.45, 7) is 9.41. The van der Waals surface area contributed by atoms with Gasteiger partial charge < -0.3 is 9.72 Å². The highest BCUT2D eigenvalue weighted by Crippen LogP contribution is 2.09. The first-order valence-electron chi connectivity index (χ1n) is 5.44. The lowest BCUT2D eigenvalue weighted by Gasteiger charge is -2.03. The first-order chi connectivity index (χ1) is 8.26. The third-order valence-electron chi connectivity index (χ3n) is 1.56. The lowest BCUT2D eigenvalue weighted by atomic mass is 10.4. The first kappa shape index (κ1) is 14.9. The van der Waals surface area contributed by atoms with Gasteiger partial charge in [0.05, 0.1) is 12.4 Å². The van der Waals surface area contributed by atoms with Gasteiger partial charge in [0.2, 0.25) is 0 Å². The van der Waals surface area contributed by atoms with Crippen LogP contribution in [0, 0.1) is 0 Å². The third kappa shape index (κ3) is 6.14. The molecule has 0 fully saturated rings. The highest BCUT2D eigenvalue weighted by Gasteiger charge is 1.96. The van der Waals surface area contributed by atoms with Gasteiger partial charge in [-0.15, -0.1) is 0 Å². The molecule has 1 aromatic rings. The van der Waals surface area contributed by atoms with Crippen molar-refractivity contribution in [3.05, 3.63) is 59.5 Å². The summed E-state index contributed by atoms with van der Waals surface area (Å²) in [6, 6.07) is 0. The van der Waals surface area contributed by atoms with Gasteiger partial charge in [0.15, 0.2) is 5.75 Å². The second-order valence-corrected chi connectivity index (χ2v) is 2.64. The number of rotatable bonds is 4. The van der Waals surface area contributed by atoms with Crippen LogP contribution in [0.5, 0.6) is 5.75 Å². The molecule has 0 radical (unpaired) electrons. The zero-order chi connectivity index (χ0) is 13.1.